The van der Waals surface area contributed by atoms with Gasteiger partial charge < -0.3 is 10.4 Å². The van der Waals surface area contributed by atoms with Crippen LogP contribution in [0.15, 0.2) is 91.9 Å². The van der Waals surface area contributed by atoms with Crippen molar-refractivity contribution >= 4 is 39.1 Å². The van der Waals surface area contributed by atoms with Crippen LogP contribution in [0.1, 0.15) is 11.1 Å². The number of aromatic hydroxyl groups is 1. The first-order valence-corrected chi connectivity index (χ1v) is 11.2. The number of aliphatic imine (C=N–C) groups is 1. The van der Waals surface area contributed by atoms with E-state index in [2.05, 4.69) is 31.2 Å². The Morgan fingerprint density at radius 2 is 1.82 bits per heavy atom. The monoisotopic (exact) mass is 542 g/mol. The minimum atomic E-state index is -0.853. The Bertz CT molecular complexity index is 1500. The highest BCUT2D eigenvalue weighted by atomic mass is 79.9. The molecule has 0 aliphatic heterocycles. The summed E-state index contributed by atoms with van der Waals surface area (Å²) in [7, 11) is 0. The molecule has 1 aromatic heterocycles. The van der Waals surface area contributed by atoms with Gasteiger partial charge in [0.25, 0.3) is 5.56 Å². The van der Waals surface area contributed by atoms with E-state index in [1.165, 1.54) is 12.1 Å². The first-order chi connectivity index (χ1) is 16.3. The van der Waals surface area contributed by atoms with Gasteiger partial charge in [0.05, 0.1) is 22.9 Å². The zero-order valence-electron chi connectivity index (χ0n) is 17.4. The van der Waals surface area contributed by atoms with E-state index in [9.17, 15) is 19.1 Å². The van der Waals surface area contributed by atoms with Crippen molar-refractivity contribution in [2.45, 2.75) is 6.54 Å². The van der Waals surface area contributed by atoms with Crippen LogP contribution in [0.2, 0.25) is 5.02 Å². The van der Waals surface area contributed by atoms with Crippen LogP contribution in [-0.2, 0) is 6.54 Å². The van der Waals surface area contributed by atoms with Crippen LogP contribution in [0.3, 0.4) is 0 Å². The Morgan fingerprint density at radius 1 is 1.09 bits per heavy atom. The van der Waals surface area contributed by atoms with Crippen molar-refractivity contribution < 1.29 is 9.50 Å². The van der Waals surface area contributed by atoms with Gasteiger partial charge in [0.1, 0.15) is 17.2 Å². The van der Waals surface area contributed by atoms with E-state index in [1.807, 2.05) is 0 Å². The van der Waals surface area contributed by atoms with Crippen LogP contribution < -0.4 is 16.6 Å². The lowest BCUT2D eigenvalue weighted by molar-refractivity contribution is 0.429. The fraction of sp³-hybridized carbons (Fsp3) is 0.0417. The molecular weight excluding hydrogens is 527 g/mol. The Morgan fingerprint density at radius 3 is 2.53 bits per heavy atom. The number of aromatic amines is 1. The molecular formula is C24H17BrClFN4O3. The zero-order valence-corrected chi connectivity index (χ0v) is 19.8. The Kier molecular flexibility index (Phi) is 6.95. The minimum absolute atomic E-state index is 0.0131. The maximum atomic E-state index is 13.6. The van der Waals surface area contributed by atoms with Crippen LogP contribution in [0.4, 0.5) is 10.1 Å². The van der Waals surface area contributed by atoms with Gasteiger partial charge in [-0.3, -0.25) is 14.8 Å². The van der Waals surface area contributed by atoms with Crippen LogP contribution >= 0.6 is 27.5 Å². The number of para-hydroxylation sites is 1. The lowest BCUT2D eigenvalue weighted by Gasteiger charge is -2.15. The van der Waals surface area contributed by atoms with Gasteiger partial charge in [0.2, 0.25) is 5.88 Å². The Hall–Kier alpha value is -3.69. The van der Waals surface area contributed by atoms with Crippen LogP contribution in [-0.4, -0.2) is 20.5 Å². The van der Waals surface area contributed by atoms with Gasteiger partial charge in [-0.1, -0.05) is 51.8 Å². The highest BCUT2D eigenvalue weighted by Gasteiger charge is 2.21. The molecule has 0 aliphatic rings. The van der Waals surface area contributed by atoms with E-state index in [4.69, 9.17) is 11.6 Å². The first kappa shape index (κ1) is 23.5. The number of hydrogen-bond donors (Lipinski definition) is 3. The van der Waals surface area contributed by atoms with E-state index in [-0.39, 0.29) is 17.9 Å². The molecule has 0 aliphatic carbocycles. The number of rotatable bonds is 5. The predicted octanol–water partition coefficient (Wildman–Crippen LogP) is 4.85. The fourth-order valence-electron chi connectivity index (χ4n) is 3.25. The van der Waals surface area contributed by atoms with Crippen molar-refractivity contribution in [1.82, 2.24) is 9.55 Å². The summed E-state index contributed by atoms with van der Waals surface area (Å²) in [6.07, 6.45) is 0. The summed E-state index contributed by atoms with van der Waals surface area (Å²) in [5, 5.41) is 14.4. The van der Waals surface area contributed by atoms with E-state index in [1.54, 1.807) is 60.7 Å². The second-order valence-corrected chi connectivity index (χ2v) is 8.49. The fourth-order valence-corrected chi connectivity index (χ4v) is 3.69. The van der Waals surface area contributed by atoms with Gasteiger partial charge in [-0.2, -0.15) is 0 Å². The van der Waals surface area contributed by atoms with Crippen LogP contribution in [0.25, 0.3) is 5.69 Å². The molecule has 0 unspecified atom stereocenters. The molecule has 4 rings (SSSR count). The average Bonchev–Trinajstić information content (AvgIpc) is 2.79. The second-order valence-electron chi connectivity index (χ2n) is 7.17. The highest BCUT2D eigenvalue weighted by molar-refractivity contribution is 9.10. The number of aromatic nitrogens is 2. The van der Waals surface area contributed by atoms with Crippen molar-refractivity contribution in [1.29, 1.82) is 0 Å². The summed E-state index contributed by atoms with van der Waals surface area (Å²) in [4.78, 5) is 32.0. The molecule has 0 fully saturated rings. The number of anilines is 1. The molecule has 0 saturated carbocycles. The summed E-state index contributed by atoms with van der Waals surface area (Å²) in [6, 6.07) is 19.2. The molecule has 7 nitrogen and oxygen atoms in total. The lowest BCUT2D eigenvalue weighted by Crippen LogP contribution is -2.35. The van der Waals surface area contributed by atoms with Gasteiger partial charge in [0.15, 0.2) is 0 Å². The first-order valence-electron chi connectivity index (χ1n) is 9.98. The van der Waals surface area contributed by atoms with E-state index < -0.39 is 22.9 Å². The third kappa shape index (κ3) is 5.11. The molecule has 1 heterocycles. The quantitative estimate of drug-likeness (QED) is 0.248. The lowest BCUT2D eigenvalue weighted by atomic mass is 10.2. The summed E-state index contributed by atoms with van der Waals surface area (Å²) >= 11 is 9.59. The van der Waals surface area contributed by atoms with Crippen molar-refractivity contribution in [2.24, 2.45) is 4.99 Å². The number of hydrogen-bond acceptors (Lipinski definition) is 4. The van der Waals surface area contributed by atoms with E-state index in [0.29, 0.717) is 22.0 Å². The molecule has 172 valence electrons. The topological polar surface area (TPSA) is 99.5 Å². The molecule has 0 amide bonds. The third-order valence-corrected chi connectivity index (χ3v) is 5.70. The number of benzene rings is 3. The molecule has 0 saturated heterocycles. The van der Waals surface area contributed by atoms with E-state index >= 15 is 0 Å². The maximum Gasteiger partial charge on any atom is 0.335 e. The number of H-pyrrole nitrogens is 1. The highest BCUT2D eigenvalue weighted by Crippen LogP contribution is 2.24. The Labute approximate surface area is 206 Å². The van der Waals surface area contributed by atoms with Gasteiger partial charge in [-0.15, -0.1) is 0 Å². The molecule has 0 spiro atoms. The SMILES string of the molecule is O=c1[nH]c(=O)n(-c2ccc(Br)cc2)c(O)c1C(=NCc1cccc(F)c1)Nc1ccccc1Cl. The molecule has 0 radical (unpaired) electrons. The molecule has 4 aromatic rings. The Balaban J connectivity index is 1.88. The van der Waals surface area contributed by atoms with Crippen molar-refractivity contribution in [3.8, 4) is 11.6 Å². The smallest absolute Gasteiger partial charge is 0.335 e. The number of nitrogens with one attached hydrogen (secondary N) is 2. The summed E-state index contributed by atoms with van der Waals surface area (Å²) in [5.41, 5.74) is -0.675. The van der Waals surface area contributed by atoms with Crippen LogP contribution in [0.5, 0.6) is 5.88 Å². The molecule has 10 heteroatoms. The number of halogens is 3. The second kappa shape index (κ2) is 10.1. The van der Waals surface area contributed by atoms with Gasteiger partial charge >= 0.3 is 5.69 Å². The summed E-state index contributed by atoms with van der Waals surface area (Å²) in [6.45, 7) is -0.0131. The minimum Gasteiger partial charge on any atom is -0.493 e. The van der Waals surface area contributed by atoms with Gasteiger partial charge in [-0.25, -0.2) is 13.8 Å². The average molecular weight is 544 g/mol. The largest absolute Gasteiger partial charge is 0.493 e. The maximum absolute atomic E-state index is 13.6. The van der Waals surface area contributed by atoms with Crippen LogP contribution in [0, 0.1) is 5.82 Å². The molecule has 3 aromatic carbocycles. The number of nitrogens with zero attached hydrogens (tertiary/aromatic N) is 2. The number of amidine groups is 1. The van der Waals surface area contributed by atoms with Gasteiger partial charge in [0, 0.05) is 4.47 Å². The van der Waals surface area contributed by atoms with E-state index in [0.717, 1.165) is 9.04 Å². The molecule has 0 bridgehead atoms. The summed E-state index contributed by atoms with van der Waals surface area (Å²) in [5.74, 6) is -1.10. The third-order valence-electron chi connectivity index (χ3n) is 4.84. The molecule has 3 N–H and O–H groups in total. The normalized spacial score (nSPS) is 11.4. The zero-order chi connectivity index (χ0) is 24.2. The molecule has 0 atom stereocenters. The predicted molar refractivity (Wildman–Crippen MR) is 134 cm³/mol. The standard InChI is InChI=1S/C24H17BrClFN4O3/c25-15-8-10-17(11-9-15)31-23(33)20(22(32)30-24(31)34)21(29-19-7-2-1-6-18(19)26)28-13-14-4-3-5-16(27)12-14/h1-12,33H,13H2,(H,28,29)(H,30,32,34). The van der Waals surface area contributed by atoms with Crippen molar-refractivity contribution in [3.05, 3.63) is 120 Å². The van der Waals surface area contributed by atoms with Gasteiger partial charge in [-0.05, 0) is 54.1 Å². The van der Waals surface area contributed by atoms with Crippen molar-refractivity contribution in [3.63, 3.8) is 0 Å². The van der Waals surface area contributed by atoms with Crippen molar-refractivity contribution in [2.75, 3.05) is 5.32 Å². The molecule has 34 heavy (non-hydrogen) atoms. The summed E-state index contributed by atoms with van der Waals surface area (Å²) < 4.78 is 15.4.